The zero-order chi connectivity index (χ0) is 10.0. The van der Waals surface area contributed by atoms with Crippen LogP contribution in [0.15, 0.2) is 24.3 Å². The number of likely N-dealkylation sites (N-methyl/N-ethyl adjacent to an activating group) is 1. The Morgan fingerprint density at radius 1 is 1.36 bits per heavy atom. The van der Waals surface area contributed by atoms with Crippen molar-refractivity contribution in [2.24, 2.45) is 0 Å². The van der Waals surface area contributed by atoms with Crippen molar-refractivity contribution in [3.63, 3.8) is 0 Å². The maximum absolute atomic E-state index is 3.32. The molecule has 1 N–H and O–H groups in total. The molecule has 0 aliphatic heterocycles. The maximum atomic E-state index is 3.32. The predicted molar refractivity (Wildman–Crippen MR) is 60.7 cm³/mol. The third-order valence-electron chi connectivity index (χ3n) is 3.41. The molecule has 1 atom stereocenters. The standard InChI is InChI=1S/C13H19N/c1-13(10-14-2)9-5-7-11-6-3-4-8-12(11)13/h3-4,6,8,14H,5,7,9-10H2,1-2H3. The van der Waals surface area contributed by atoms with Gasteiger partial charge in [0.15, 0.2) is 0 Å². The normalized spacial score (nSPS) is 25.9. The lowest BCUT2D eigenvalue weighted by Crippen LogP contribution is -2.36. The molecule has 1 aliphatic carbocycles. The minimum absolute atomic E-state index is 0.351. The summed E-state index contributed by atoms with van der Waals surface area (Å²) in [6.07, 6.45) is 3.90. The highest BCUT2D eigenvalue weighted by atomic mass is 14.8. The van der Waals surface area contributed by atoms with E-state index in [9.17, 15) is 0 Å². The molecule has 1 aliphatic rings. The number of hydrogen-bond donors (Lipinski definition) is 1. The number of fused-ring (bicyclic) bond motifs is 1. The van der Waals surface area contributed by atoms with Crippen molar-refractivity contribution in [2.75, 3.05) is 13.6 Å². The van der Waals surface area contributed by atoms with Gasteiger partial charge in [-0.15, -0.1) is 0 Å². The van der Waals surface area contributed by atoms with E-state index in [1.165, 1.54) is 19.3 Å². The largest absolute Gasteiger partial charge is 0.319 e. The first-order chi connectivity index (χ1) is 6.76. The van der Waals surface area contributed by atoms with E-state index in [-0.39, 0.29) is 0 Å². The molecule has 0 amide bonds. The summed E-state index contributed by atoms with van der Waals surface area (Å²) in [6.45, 7) is 3.46. The summed E-state index contributed by atoms with van der Waals surface area (Å²) in [5.41, 5.74) is 3.46. The molecular formula is C13H19N. The minimum atomic E-state index is 0.351. The van der Waals surface area contributed by atoms with E-state index in [2.05, 4.69) is 36.5 Å². The SMILES string of the molecule is CNCC1(C)CCCc2ccccc21. The lowest BCUT2D eigenvalue weighted by Gasteiger charge is -2.36. The Balaban J connectivity index is 2.39. The number of aryl methyl sites for hydroxylation is 1. The van der Waals surface area contributed by atoms with Crippen molar-refractivity contribution < 1.29 is 0 Å². The van der Waals surface area contributed by atoms with Gasteiger partial charge in [0, 0.05) is 12.0 Å². The fourth-order valence-corrected chi connectivity index (χ4v) is 2.70. The predicted octanol–water partition coefficient (Wildman–Crippen LogP) is 2.50. The summed E-state index contributed by atoms with van der Waals surface area (Å²) in [5, 5.41) is 3.32. The van der Waals surface area contributed by atoms with Gasteiger partial charge in [-0.3, -0.25) is 0 Å². The topological polar surface area (TPSA) is 12.0 Å². The van der Waals surface area contributed by atoms with E-state index < -0.39 is 0 Å². The van der Waals surface area contributed by atoms with Gasteiger partial charge in [-0.2, -0.15) is 0 Å². The van der Waals surface area contributed by atoms with Crippen molar-refractivity contribution in [3.05, 3.63) is 35.4 Å². The molecule has 1 aromatic rings. The molecule has 0 fully saturated rings. The van der Waals surface area contributed by atoms with E-state index in [0.717, 1.165) is 6.54 Å². The van der Waals surface area contributed by atoms with E-state index in [0.29, 0.717) is 5.41 Å². The Bertz CT molecular complexity index is 319. The van der Waals surface area contributed by atoms with Crippen LogP contribution >= 0.6 is 0 Å². The van der Waals surface area contributed by atoms with Gasteiger partial charge in [0.25, 0.3) is 0 Å². The average molecular weight is 189 g/mol. The van der Waals surface area contributed by atoms with Gasteiger partial charge < -0.3 is 5.32 Å². The van der Waals surface area contributed by atoms with Crippen molar-refractivity contribution in [1.82, 2.24) is 5.32 Å². The second kappa shape index (κ2) is 3.74. The Morgan fingerprint density at radius 3 is 2.93 bits per heavy atom. The Labute approximate surface area is 86.5 Å². The van der Waals surface area contributed by atoms with E-state index in [4.69, 9.17) is 0 Å². The van der Waals surface area contributed by atoms with E-state index >= 15 is 0 Å². The van der Waals surface area contributed by atoms with Gasteiger partial charge in [-0.25, -0.2) is 0 Å². The lowest BCUT2D eigenvalue weighted by molar-refractivity contribution is 0.380. The molecule has 2 rings (SSSR count). The molecule has 0 heterocycles. The molecule has 1 unspecified atom stereocenters. The number of nitrogens with one attached hydrogen (secondary N) is 1. The molecular weight excluding hydrogens is 170 g/mol. The van der Waals surface area contributed by atoms with Crippen LogP contribution in [-0.2, 0) is 11.8 Å². The molecule has 1 nitrogen and oxygen atoms in total. The first-order valence-electron chi connectivity index (χ1n) is 5.49. The fourth-order valence-electron chi connectivity index (χ4n) is 2.70. The van der Waals surface area contributed by atoms with Gasteiger partial charge in [0.2, 0.25) is 0 Å². The van der Waals surface area contributed by atoms with Crippen molar-refractivity contribution >= 4 is 0 Å². The number of rotatable bonds is 2. The van der Waals surface area contributed by atoms with Crippen molar-refractivity contribution in [3.8, 4) is 0 Å². The summed E-state index contributed by atoms with van der Waals surface area (Å²) in [6, 6.07) is 8.90. The van der Waals surface area contributed by atoms with Crippen LogP contribution in [0.1, 0.15) is 30.9 Å². The monoisotopic (exact) mass is 189 g/mol. The second-order valence-corrected chi connectivity index (χ2v) is 4.60. The molecule has 0 bridgehead atoms. The van der Waals surface area contributed by atoms with Gasteiger partial charge in [-0.1, -0.05) is 31.2 Å². The third-order valence-corrected chi connectivity index (χ3v) is 3.41. The van der Waals surface area contributed by atoms with Crippen molar-refractivity contribution in [1.29, 1.82) is 0 Å². The highest BCUT2D eigenvalue weighted by Gasteiger charge is 2.30. The van der Waals surface area contributed by atoms with Crippen LogP contribution in [0.2, 0.25) is 0 Å². The van der Waals surface area contributed by atoms with Crippen LogP contribution in [0.25, 0.3) is 0 Å². The first kappa shape index (κ1) is 9.72. The lowest BCUT2D eigenvalue weighted by atomic mass is 9.71. The van der Waals surface area contributed by atoms with Crippen LogP contribution in [0, 0.1) is 0 Å². The summed E-state index contributed by atoms with van der Waals surface area (Å²) < 4.78 is 0. The Morgan fingerprint density at radius 2 is 2.14 bits per heavy atom. The average Bonchev–Trinajstić information content (AvgIpc) is 2.19. The molecule has 0 radical (unpaired) electrons. The maximum Gasteiger partial charge on any atom is 0.00522 e. The molecule has 0 saturated heterocycles. The molecule has 0 aromatic heterocycles. The van der Waals surface area contributed by atoms with Gasteiger partial charge in [0.1, 0.15) is 0 Å². The number of benzene rings is 1. The minimum Gasteiger partial charge on any atom is -0.319 e. The van der Waals surface area contributed by atoms with Crippen molar-refractivity contribution in [2.45, 2.75) is 31.6 Å². The zero-order valence-corrected chi connectivity index (χ0v) is 9.14. The summed E-state index contributed by atoms with van der Waals surface area (Å²) >= 11 is 0. The quantitative estimate of drug-likeness (QED) is 0.753. The Hall–Kier alpha value is -0.820. The molecule has 0 spiro atoms. The number of hydrogen-bond acceptors (Lipinski definition) is 1. The van der Waals surface area contributed by atoms with Gasteiger partial charge >= 0.3 is 0 Å². The van der Waals surface area contributed by atoms with Crippen LogP contribution in [0.5, 0.6) is 0 Å². The third kappa shape index (κ3) is 1.57. The second-order valence-electron chi connectivity index (χ2n) is 4.60. The summed E-state index contributed by atoms with van der Waals surface area (Å²) in [5.74, 6) is 0. The van der Waals surface area contributed by atoms with Crippen LogP contribution in [0.3, 0.4) is 0 Å². The van der Waals surface area contributed by atoms with E-state index in [1.54, 1.807) is 11.1 Å². The molecule has 1 heteroatoms. The highest BCUT2D eigenvalue weighted by Crippen LogP contribution is 2.36. The smallest absolute Gasteiger partial charge is 0.00522 e. The Kier molecular flexibility index (Phi) is 2.60. The van der Waals surface area contributed by atoms with Crippen LogP contribution < -0.4 is 5.32 Å². The highest BCUT2D eigenvalue weighted by molar-refractivity contribution is 5.36. The van der Waals surface area contributed by atoms with E-state index in [1.807, 2.05) is 7.05 Å². The molecule has 0 saturated carbocycles. The summed E-state index contributed by atoms with van der Waals surface area (Å²) in [4.78, 5) is 0. The first-order valence-corrected chi connectivity index (χ1v) is 5.49. The summed E-state index contributed by atoms with van der Waals surface area (Å²) in [7, 11) is 2.04. The molecule has 76 valence electrons. The van der Waals surface area contributed by atoms with Gasteiger partial charge in [0.05, 0.1) is 0 Å². The zero-order valence-electron chi connectivity index (χ0n) is 9.14. The molecule has 14 heavy (non-hydrogen) atoms. The fraction of sp³-hybridized carbons (Fsp3) is 0.538. The molecule has 1 aromatic carbocycles. The van der Waals surface area contributed by atoms with Gasteiger partial charge in [-0.05, 0) is 37.4 Å². The van der Waals surface area contributed by atoms with Crippen LogP contribution in [-0.4, -0.2) is 13.6 Å². The van der Waals surface area contributed by atoms with Crippen LogP contribution in [0.4, 0.5) is 0 Å².